The first-order valence-corrected chi connectivity index (χ1v) is 6.94. The van der Waals surface area contributed by atoms with Gasteiger partial charge in [-0.05, 0) is 50.2 Å². The van der Waals surface area contributed by atoms with E-state index < -0.39 is 0 Å². The van der Waals surface area contributed by atoms with Crippen LogP contribution >= 0.6 is 0 Å². The molecule has 5 heteroatoms. The van der Waals surface area contributed by atoms with Crippen LogP contribution in [0.5, 0.6) is 0 Å². The monoisotopic (exact) mass is 265 g/mol. The molecule has 2 atom stereocenters. The van der Waals surface area contributed by atoms with E-state index in [0.717, 1.165) is 38.0 Å². The molecule has 1 aromatic rings. The fourth-order valence-corrected chi connectivity index (χ4v) is 3.30. The number of rotatable bonds is 3. The van der Waals surface area contributed by atoms with Gasteiger partial charge in [0.2, 0.25) is 0 Å². The molecule has 0 bridgehead atoms. The van der Waals surface area contributed by atoms with Gasteiger partial charge in [-0.15, -0.1) is 0 Å². The van der Waals surface area contributed by atoms with Crippen molar-refractivity contribution in [2.75, 3.05) is 6.61 Å². The average molecular weight is 265 g/mol. The number of hydrazine groups is 1. The second kappa shape index (κ2) is 5.15. The van der Waals surface area contributed by atoms with E-state index in [1.807, 2.05) is 0 Å². The third kappa shape index (κ3) is 2.50. The molecule has 2 heterocycles. The van der Waals surface area contributed by atoms with E-state index in [4.69, 9.17) is 10.6 Å². The van der Waals surface area contributed by atoms with Crippen LogP contribution in [-0.4, -0.2) is 17.2 Å². The first kappa shape index (κ1) is 13.0. The standard InChI is InChI=1S/C14H20FN3O/c15-11-2-3-12(17-9-11)13(18-16)10-4-7-19-14(8-10)5-1-6-14/h2-3,9-10,13,18H,1,4-8,16H2. The number of nitrogens with zero attached hydrogens (tertiary/aromatic N) is 1. The van der Waals surface area contributed by atoms with E-state index >= 15 is 0 Å². The Morgan fingerprint density at radius 2 is 2.32 bits per heavy atom. The van der Waals surface area contributed by atoms with Crippen LogP contribution in [0.15, 0.2) is 18.3 Å². The summed E-state index contributed by atoms with van der Waals surface area (Å²) in [5.41, 5.74) is 3.74. The highest BCUT2D eigenvalue weighted by atomic mass is 19.1. The van der Waals surface area contributed by atoms with Gasteiger partial charge in [0.15, 0.2) is 0 Å². The van der Waals surface area contributed by atoms with Crippen molar-refractivity contribution in [2.45, 2.75) is 43.7 Å². The van der Waals surface area contributed by atoms with E-state index in [1.165, 1.54) is 18.7 Å². The summed E-state index contributed by atoms with van der Waals surface area (Å²) in [4.78, 5) is 4.16. The van der Waals surface area contributed by atoms with Crippen LogP contribution in [0.3, 0.4) is 0 Å². The van der Waals surface area contributed by atoms with Gasteiger partial charge in [0.1, 0.15) is 5.82 Å². The molecular formula is C14H20FN3O. The molecule has 0 amide bonds. The molecule has 4 nitrogen and oxygen atoms in total. The molecule has 0 aromatic carbocycles. The molecule has 104 valence electrons. The lowest BCUT2D eigenvalue weighted by molar-refractivity contribution is -0.147. The van der Waals surface area contributed by atoms with Gasteiger partial charge in [0, 0.05) is 6.61 Å². The topological polar surface area (TPSA) is 60.2 Å². The summed E-state index contributed by atoms with van der Waals surface area (Å²) in [5.74, 6) is 5.78. The van der Waals surface area contributed by atoms with E-state index in [0.29, 0.717) is 5.92 Å². The highest BCUT2D eigenvalue weighted by Gasteiger charge is 2.44. The second-order valence-electron chi connectivity index (χ2n) is 5.68. The largest absolute Gasteiger partial charge is 0.375 e. The van der Waals surface area contributed by atoms with Gasteiger partial charge < -0.3 is 4.74 Å². The molecular weight excluding hydrogens is 245 g/mol. The van der Waals surface area contributed by atoms with E-state index in [1.54, 1.807) is 6.07 Å². The first-order valence-electron chi connectivity index (χ1n) is 6.94. The van der Waals surface area contributed by atoms with Gasteiger partial charge in [-0.3, -0.25) is 16.3 Å². The van der Waals surface area contributed by atoms with Crippen LogP contribution in [0.4, 0.5) is 4.39 Å². The van der Waals surface area contributed by atoms with Crippen molar-refractivity contribution in [2.24, 2.45) is 11.8 Å². The predicted molar refractivity (Wildman–Crippen MR) is 69.5 cm³/mol. The van der Waals surface area contributed by atoms with Gasteiger partial charge in [0.25, 0.3) is 0 Å². The molecule has 1 saturated heterocycles. The Bertz CT molecular complexity index is 433. The number of ether oxygens (including phenoxy) is 1. The Morgan fingerprint density at radius 1 is 1.47 bits per heavy atom. The minimum Gasteiger partial charge on any atom is -0.375 e. The lowest BCUT2D eigenvalue weighted by Gasteiger charge is -2.48. The highest BCUT2D eigenvalue weighted by molar-refractivity contribution is 5.12. The third-order valence-corrected chi connectivity index (χ3v) is 4.52. The van der Waals surface area contributed by atoms with Crippen LogP contribution < -0.4 is 11.3 Å². The normalized spacial score (nSPS) is 26.9. The van der Waals surface area contributed by atoms with Crippen molar-refractivity contribution in [1.82, 2.24) is 10.4 Å². The van der Waals surface area contributed by atoms with Gasteiger partial charge >= 0.3 is 0 Å². The number of halogens is 1. The average Bonchev–Trinajstić information content (AvgIpc) is 2.40. The van der Waals surface area contributed by atoms with E-state index in [9.17, 15) is 4.39 Å². The molecule has 2 fully saturated rings. The summed E-state index contributed by atoms with van der Waals surface area (Å²) >= 11 is 0. The Labute approximate surface area is 112 Å². The Morgan fingerprint density at radius 3 is 2.89 bits per heavy atom. The zero-order chi connectivity index (χ0) is 13.3. The fraction of sp³-hybridized carbons (Fsp3) is 0.643. The molecule has 1 spiro atoms. The summed E-state index contributed by atoms with van der Waals surface area (Å²) < 4.78 is 18.9. The number of aromatic nitrogens is 1. The van der Waals surface area contributed by atoms with Crippen LogP contribution in [0.25, 0.3) is 0 Å². The lowest BCUT2D eigenvalue weighted by atomic mass is 9.70. The molecule has 2 aliphatic rings. The molecule has 19 heavy (non-hydrogen) atoms. The summed E-state index contributed by atoms with van der Waals surface area (Å²) in [6, 6.07) is 3.12. The van der Waals surface area contributed by atoms with E-state index in [-0.39, 0.29) is 17.5 Å². The molecule has 1 aliphatic heterocycles. The third-order valence-electron chi connectivity index (χ3n) is 4.52. The summed E-state index contributed by atoms with van der Waals surface area (Å²) in [7, 11) is 0. The SMILES string of the molecule is NNC(c1ccc(F)cn1)C1CCOC2(CCC2)C1. The molecule has 1 aromatic heterocycles. The van der Waals surface area contributed by atoms with Crippen molar-refractivity contribution in [3.63, 3.8) is 0 Å². The molecule has 1 saturated carbocycles. The predicted octanol–water partition coefficient (Wildman–Crippen LogP) is 2.07. The number of nitrogens with two attached hydrogens (primary N) is 1. The summed E-state index contributed by atoms with van der Waals surface area (Å²) in [6.45, 7) is 0.782. The molecule has 3 rings (SSSR count). The summed E-state index contributed by atoms with van der Waals surface area (Å²) in [5, 5.41) is 0. The van der Waals surface area contributed by atoms with Crippen LogP contribution in [0.1, 0.15) is 43.8 Å². The van der Waals surface area contributed by atoms with Gasteiger partial charge in [-0.2, -0.15) is 0 Å². The van der Waals surface area contributed by atoms with Crippen molar-refractivity contribution >= 4 is 0 Å². The Hall–Kier alpha value is -1.04. The maximum Gasteiger partial charge on any atom is 0.141 e. The van der Waals surface area contributed by atoms with Gasteiger partial charge in [-0.1, -0.05) is 0 Å². The lowest BCUT2D eigenvalue weighted by Crippen LogP contribution is -2.48. The van der Waals surface area contributed by atoms with Gasteiger partial charge in [-0.25, -0.2) is 4.39 Å². The first-order chi connectivity index (χ1) is 9.22. The van der Waals surface area contributed by atoms with E-state index in [2.05, 4.69) is 10.4 Å². The molecule has 2 unspecified atom stereocenters. The second-order valence-corrected chi connectivity index (χ2v) is 5.68. The number of pyridine rings is 1. The number of nitrogens with one attached hydrogen (secondary N) is 1. The zero-order valence-electron chi connectivity index (χ0n) is 10.9. The maximum absolute atomic E-state index is 12.9. The molecule has 1 aliphatic carbocycles. The van der Waals surface area contributed by atoms with Crippen molar-refractivity contribution < 1.29 is 9.13 Å². The van der Waals surface area contributed by atoms with Crippen molar-refractivity contribution in [3.05, 3.63) is 29.8 Å². The van der Waals surface area contributed by atoms with Crippen LogP contribution in [0, 0.1) is 11.7 Å². The number of hydrogen-bond donors (Lipinski definition) is 2. The maximum atomic E-state index is 12.9. The summed E-state index contributed by atoms with van der Waals surface area (Å²) in [6.07, 6.45) is 6.78. The van der Waals surface area contributed by atoms with Crippen molar-refractivity contribution in [1.29, 1.82) is 0 Å². The Balaban J connectivity index is 1.76. The molecule has 0 radical (unpaired) electrons. The minimum atomic E-state index is -0.318. The quantitative estimate of drug-likeness (QED) is 0.649. The Kier molecular flexibility index (Phi) is 3.52. The van der Waals surface area contributed by atoms with Crippen LogP contribution in [-0.2, 0) is 4.74 Å². The fourth-order valence-electron chi connectivity index (χ4n) is 3.30. The minimum absolute atomic E-state index is 0.0259. The van der Waals surface area contributed by atoms with Crippen LogP contribution in [0.2, 0.25) is 0 Å². The highest BCUT2D eigenvalue weighted by Crippen LogP contribution is 2.46. The smallest absolute Gasteiger partial charge is 0.141 e. The molecule has 3 N–H and O–H groups in total. The zero-order valence-corrected chi connectivity index (χ0v) is 10.9. The number of hydrogen-bond acceptors (Lipinski definition) is 4. The van der Waals surface area contributed by atoms with Gasteiger partial charge in [0.05, 0.1) is 23.5 Å². The van der Waals surface area contributed by atoms with Crippen molar-refractivity contribution in [3.8, 4) is 0 Å².